The molecule has 0 bridgehead atoms. The third kappa shape index (κ3) is 24.7. The number of primary amides is 1. The molecule has 0 spiro atoms. The van der Waals surface area contributed by atoms with Crippen molar-refractivity contribution in [1.82, 2.24) is 63.4 Å². The number of Topliss-reactive ketones (excluding diaryl/α,β-unsaturated/α-hetero) is 1. The summed E-state index contributed by atoms with van der Waals surface area (Å²) in [4.78, 5) is 204. The number of hydrogen-bond donors (Lipinski definition) is 24. The fourth-order valence-electron chi connectivity index (χ4n) is 14.0. The van der Waals surface area contributed by atoms with Gasteiger partial charge in [-0.3, -0.25) is 77.4 Å². The number of carbonyl (C=O) groups is 15. The van der Waals surface area contributed by atoms with E-state index in [1.54, 1.807) is 0 Å². The SMILES string of the molecule is COc1cccc2c1C(=O)c1c(O)c3c(c(O)c1C2=O)C[C@@](O)(C(=O)CO)C[C@@H]3O[C@H]1C[C@H](NC(=O)CNC(=O)[C@H](CO)NC(=O)[C@H](Cc2ccc(O)cc2)NC(=O)[C@H](Cc2ccc(O)cc2)NC(=O)[C@H](CO)NC(=O)[C@H](CO)NC(=O)[C@H](CCCNC(=N)N)NC(=O)[C@H](CCCNC(N)=O)NC(=O)CCCCCN2C(=O)C=CC2=O)[C@H](O)[C@H](C)O1. The molecule has 13 atom stereocenters. The molecule has 0 saturated carbocycles. The molecule has 43 heteroatoms. The van der Waals surface area contributed by atoms with Crippen molar-refractivity contribution in [3.63, 3.8) is 0 Å². The Balaban J connectivity index is 0.924. The second-order valence-electron chi connectivity index (χ2n) is 29.1. The van der Waals surface area contributed by atoms with Crippen molar-refractivity contribution in [2.24, 2.45) is 11.5 Å². The number of guanidine groups is 1. The number of hydrogen-bond acceptors (Lipinski definition) is 29. The van der Waals surface area contributed by atoms with Gasteiger partial charge in [0.2, 0.25) is 58.9 Å². The zero-order valence-electron chi connectivity index (χ0n) is 65.7. The normalized spacial score (nSPS) is 19.4. The Morgan fingerprint density at radius 3 is 1.60 bits per heavy atom. The highest BCUT2D eigenvalue weighted by atomic mass is 16.7. The molecule has 13 amide bonds. The number of aliphatic hydroxyl groups excluding tert-OH is 5. The molecule has 0 radical (unpaired) electrons. The number of amides is 13. The minimum atomic E-state index is -2.54. The highest BCUT2D eigenvalue weighted by molar-refractivity contribution is 6.31. The molecular weight excluding hydrogens is 1590 g/mol. The molecule has 0 aromatic heterocycles. The van der Waals surface area contributed by atoms with Crippen LogP contribution in [0.5, 0.6) is 28.7 Å². The molecule has 4 aromatic carbocycles. The van der Waals surface area contributed by atoms with Crippen LogP contribution in [-0.4, -0.2) is 282 Å². The quantitative estimate of drug-likeness (QED) is 0.00568. The van der Waals surface area contributed by atoms with Crippen LogP contribution in [-0.2, 0) is 86.3 Å². The molecule has 26 N–H and O–H groups in total. The van der Waals surface area contributed by atoms with Crippen LogP contribution in [0.3, 0.4) is 0 Å². The molecule has 2 aliphatic carbocycles. The number of ketones is 3. The molecule has 654 valence electrons. The summed E-state index contributed by atoms with van der Waals surface area (Å²) in [6, 6.07) is -0.174. The fourth-order valence-corrected chi connectivity index (χ4v) is 14.0. The molecule has 1 saturated heterocycles. The summed E-state index contributed by atoms with van der Waals surface area (Å²) >= 11 is 0. The predicted molar refractivity (Wildman–Crippen MR) is 417 cm³/mol. The van der Waals surface area contributed by atoms with Crippen LogP contribution in [0.2, 0.25) is 0 Å². The Morgan fingerprint density at radius 2 is 1.08 bits per heavy atom. The number of ether oxygens (including phenoxy) is 3. The van der Waals surface area contributed by atoms with Gasteiger partial charge in [-0.15, -0.1) is 0 Å². The maximum Gasteiger partial charge on any atom is 0.312 e. The summed E-state index contributed by atoms with van der Waals surface area (Å²) in [7, 11) is 1.23. The maximum absolute atomic E-state index is 14.7. The lowest BCUT2D eigenvalue weighted by atomic mass is 9.72. The predicted octanol–water partition coefficient (Wildman–Crippen LogP) is -6.26. The highest BCUT2D eigenvalue weighted by Crippen LogP contribution is 2.53. The smallest absolute Gasteiger partial charge is 0.312 e. The van der Waals surface area contributed by atoms with Gasteiger partial charge in [0.05, 0.1) is 68.4 Å². The number of nitrogens with one attached hydrogen (secondary N) is 12. The Kier molecular flexibility index (Phi) is 33.5. The van der Waals surface area contributed by atoms with E-state index in [9.17, 15) is 123 Å². The van der Waals surface area contributed by atoms with Crippen molar-refractivity contribution in [2.75, 3.05) is 59.7 Å². The Hall–Kier alpha value is -12.8. The van der Waals surface area contributed by atoms with E-state index in [-0.39, 0.29) is 103 Å². The average molecular weight is 1690 g/mol. The van der Waals surface area contributed by atoms with E-state index >= 15 is 0 Å². The van der Waals surface area contributed by atoms with Crippen molar-refractivity contribution in [3.8, 4) is 28.7 Å². The highest BCUT2D eigenvalue weighted by Gasteiger charge is 2.51. The maximum atomic E-state index is 14.7. The van der Waals surface area contributed by atoms with Crippen molar-refractivity contribution in [1.29, 1.82) is 5.41 Å². The van der Waals surface area contributed by atoms with Gasteiger partial charge in [0.25, 0.3) is 11.8 Å². The van der Waals surface area contributed by atoms with E-state index in [0.29, 0.717) is 12.8 Å². The molecule has 43 nitrogen and oxygen atoms in total. The third-order valence-electron chi connectivity index (χ3n) is 20.4. The molecule has 0 unspecified atom stereocenters. The number of fused-ring (bicyclic) bond motifs is 3. The summed E-state index contributed by atoms with van der Waals surface area (Å²) in [5, 5.41) is 143. The first-order valence-corrected chi connectivity index (χ1v) is 38.5. The molecule has 4 aromatic rings. The molecule has 121 heavy (non-hydrogen) atoms. The lowest BCUT2D eigenvalue weighted by Crippen LogP contribution is -2.61. The first kappa shape index (κ1) is 93.7. The van der Waals surface area contributed by atoms with Crippen LogP contribution < -0.4 is 74.7 Å². The second kappa shape index (κ2) is 43.3. The lowest BCUT2D eigenvalue weighted by Gasteiger charge is -2.43. The van der Waals surface area contributed by atoms with Crippen molar-refractivity contribution >= 4 is 94.3 Å². The van der Waals surface area contributed by atoms with Crippen LogP contribution in [0, 0.1) is 5.41 Å². The van der Waals surface area contributed by atoms with Crippen LogP contribution in [0.15, 0.2) is 78.9 Å². The monoisotopic (exact) mass is 1690 g/mol. The van der Waals surface area contributed by atoms with Gasteiger partial charge in [0.15, 0.2) is 23.8 Å². The van der Waals surface area contributed by atoms with Crippen molar-refractivity contribution in [2.45, 2.75) is 169 Å². The average Bonchev–Trinajstić information content (AvgIpc) is 0.797. The van der Waals surface area contributed by atoms with Crippen molar-refractivity contribution in [3.05, 3.63) is 123 Å². The summed E-state index contributed by atoms with van der Waals surface area (Å²) in [6.45, 7) is -4.33. The van der Waals surface area contributed by atoms with Gasteiger partial charge in [-0.25, -0.2) is 4.79 Å². The zero-order valence-corrected chi connectivity index (χ0v) is 65.7. The molecule has 2 heterocycles. The van der Waals surface area contributed by atoms with Gasteiger partial charge >= 0.3 is 6.03 Å². The van der Waals surface area contributed by atoms with E-state index in [1.165, 1.54) is 80.8 Å². The number of urea groups is 1. The molecule has 2 aliphatic heterocycles. The number of carbonyl (C=O) groups excluding carboxylic acids is 15. The van der Waals surface area contributed by atoms with Gasteiger partial charge in [-0.05, 0) is 86.9 Å². The minimum absolute atomic E-state index is 0.0136. The zero-order chi connectivity index (χ0) is 88.7. The van der Waals surface area contributed by atoms with E-state index in [0.717, 1.165) is 17.1 Å². The number of aromatic hydroxyl groups is 4. The van der Waals surface area contributed by atoms with Crippen LogP contribution in [0.25, 0.3) is 0 Å². The summed E-state index contributed by atoms with van der Waals surface area (Å²) in [5.41, 5.74) is 6.10. The number of unbranched alkanes of at least 4 members (excludes halogenated alkanes) is 2. The number of aliphatic hydroxyl groups is 6. The number of methoxy groups -OCH3 is 1. The topological polar surface area (TPSA) is 698 Å². The largest absolute Gasteiger partial charge is 0.508 e. The molecule has 1 fully saturated rings. The molecule has 4 aliphatic rings. The van der Waals surface area contributed by atoms with E-state index < -0.39 is 266 Å². The van der Waals surface area contributed by atoms with E-state index in [1.807, 2.05) is 0 Å². The van der Waals surface area contributed by atoms with Gasteiger partial charge in [-0.2, -0.15) is 0 Å². The number of phenols is 4. The Morgan fingerprint density at radius 1 is 0.587 bits per heavy atom. The van der Waals surface area contributed by atoms with Crippen LogP contribution in [0.1, 0.15) is 131 Å². The van der Waals surface area contributed by atoms with Crippen LogP contribution >= 0.6 is 0 Å². The standard InChI is InChI=1S/C78H99N15O28/c1-37-64(105)46(29-59(120-37)121-53-31-78(118,54(100)36-97)30-43-61(53)68(109)63-62(66(43)107)65(106)42-9-6-12-52(119-2)60(42)67(63)108)86-56(102)32-84-69(110)49(33-94)90-73(114)48(28-39-16-20-41(99)21-17-39)88-72(113)47(27-38-14-18-40(98)19-15-38)89-74(115)50(34-95)92-75(116)51(35-96)91-71(112)45(11-7-24-82-76(79)80)87-70(111)44(10-8-25-83-77(81)117)85-55(101)13-4-3-5-26-93-57(103)22-23-58(93)104/h6,9,12,14-23,37,44-51,53,59,64,94-99,105,107,109,118H,3-5,7-8,10-11,13,24-36H2,1-2H3,(H,84,110)(H,85,101)(H,86,102)(H,87,111)(H,88,113)(H,89,115)(H,90,114)(H,91,112)(H,92,116)(H4,79,80,82)(H3,81,83,117)/t37-,44-,45-,46-,47-,48-,49-,50-,51-,53-,59-,64+,78-/m0/s1. The first-order chi connectivity index (χ1) is 57.5. The Bertz CT molecular complexity index is 4570. The number of imide groups is 1. The van der Waals surface area contributed by atoms with Gasteiger partial charge in [0.1, 0.15) is 89.4 Å². The molecular formula is C78H99N15O28. The summed E-state index contributed by atoms with van der Waals surface area (Å²) < 4.78 is 17.5. The van der Waals surface area contributed by atoms with E-state index in [2.05, 4.69) is 58.5 Å². The number of rotatable bonds is 43. The second-order valence-corrected chi connectivity index (χ2v) is 29.1. The Labute approximate surface area is 689 Å². The summed E-state index contributed by atoms with van der Waals surface area (Å²) in [6.07, 6.45) is -6.04. The minimum Gasteiger partial charge on any atom is -0.508 e. The third-order valence-corrected chi connectivity index (χ3v) is 20.4. The van der Waals surface area contributed by atoms with Gasteiger partial charge in [0, 0.05) is 87.0 Å². The number of nitrogens with zero attached hydrogens (tertiary/aromatic N) is 1. The number of phenolic OH excluding ortho intramolecular Hbond substituents is 4. The van der Waals surface area contributed by atoms with Gasteiger partial charge < -0.3 is 135 Å². The number of benzene rings is 4. The fraction of sp³-hybridized carbons (Fsp3) is 0.462. The lowest BCUT2D eigenvalue weighted by molar-refractivity contribution is -0.249. The number of nitrogens with two attached hydrogens (primary N) is 2. The molecule has 8 rings (SSSR count). The van der Waals surface area contributed by atoms with Crippen LogP contribution in [0.4, 0.5) is 4.79 Å². The summed E-state index contributed by atoms with van der Waals surface area (Å²) in [5.74, 6) is -16.6. The van der Waals surface area contributed by atoms with E-state index in [4.69, 9.17) is 31.1 Å². The first-order valence-electron chi connectivity index (χ1n) is 38.5. The van der Waals surface area contributed by atoms with Gasteiger partial charge in [-0.1, -0.05) is 42.8 Å². The van der Waals surface area contributed by atoms with Crippen molar-refractivity contribution < 1.29 is 137 Å².